The van der Waals surface area contributed by atoms with Gasteiger partial charge in [0.15, 0.2) is 0 Å². The Bertz CT molecular complexity index is 593. The lowest BCUT2D eigenvalue weighted by molar-refractivity contribution is 0.195. The fraction of sp³-hybridized carbons (Fsp3) is 0.250. The second-order valence-corrected chi connectivity index (χ2v) is 5.77. The first-order valence-corrected chi connectivity index (χ1v) is 7.02. The highest BCUT2D eigenvalue weighted by atomic mass is 32.2. The van der Waals surface area contributed by atoms with Crippen LogP contribution in [0.3, 0.4) is 0 Å². The van der Waals surface area contributed by atoms with Crippen molar-refractivity contribution in [2.75, 3.05) is 0 Å². The summed E-state index contributed by atoms with van der Waals surface area (Å²) in [6.45, 7) is 5.74. The Balaban J connectivity index is 2.40. The van der Waals surface area contributed by atoms with Gasteiger partial charge in [-0.2, -0.15) is 0 Å². The van der Waals surface area contributed by atoms with Crippen molar-refractivity contribution in [2.45, 2.75) is 36.7 Å². The summed E-state index contributed by atoms with van der Waals surface area (Å²) in [5.74, 6) is -0.290. The molecule has 0 aromatic heterocycles. The average Bonchev–Trinajstić information content (AvgIpc) is 2.36. The van der Waals surface area contributed by atoms with Crippen molar-refractivity contribution >= 4 is 11.8 Å². The van der Waals surface area contributed by atoms with Gasteiger partial charge in [0.2, 0.25) is 0 Å². The number of rotatable bonds is 3. The van der Waals surface area contributed by atoms with E-state index in [0.29, 0.717) is 10.5 Å². The SMILES string of the molecule is Cc1ccc(Sc2c(F)cccc2[C@H](C)O)cc1C. The second-order valence-electron chi connectivity index (χ2n) is 4.68. The largest absolute Gasteiger partial charge is 0.389 e. The fourth-order valence-corrected chi connectivity index (χ4v) is 2.99. The summed E-state index contributed by atoms with van der Waals surface area (Å²) in [6.07, 6.45) is -0.676. The van der Waals surface area contributed by atoms with Crippen molar-refractivity contribution in [3.63, 3.8) is 0 Å². The van der Waals surface area contributed by atoms with Crippen LogP contribution in [0.25, 0.3) is 0 Å². The smallest absolute Gasteiger partial charge is 0.137 e. The number of hydrogen-bond acceptors (Lipinski definition) is 2. The van der Waals surface area contributed by atoms with Crippen LogP contribution in [0.4, 0.5) is 4.39 Å². The van der Waals surface area contributed by atoms with Crippen LogP contribution in [0.2, 0.25) is 0 Å². The van der Waals surface area contributed by atoms with Crippen LogP contribution in [0.5, 0.6) is 0 Å². The molecule has 2 aromatic carbocycles. The summed E-state index contributed by atoms with van der Waals surface area (Å²) in [5, 5.41) is 9.73. The van der Waals surface area contributed by atoms with Gasteiger partial charge in [0.1, 0.15) is 5.82 Å². The summed E-state index contributed by atoms with van der Waals surface area (Å²) in [5.41, 5.74) is 3.02. The molecule has 19 heavy (non-hydrogen) atoms. The number of aliphatic hydroxyl groups is 1. The molecule has 0 aliphatic heterocycles. The first-order valence-electron chi connectivity index (χ1n) is 6.20. The lowest BCUT2D eigenvalue weighted by Gasteiger charge is -2.13. The second kappa shape index (κ2) is 5.76. The van der Waals surface area contributed by atoms with Crippen molar-refractivity contribution in [3.8, 4) is 0 Å². The van der Waals surface area contributed by atoms with E-state index in [4.69, 9.17) is 0 Å². The molecule has 2 aromatic rings. The standard InChI is InChI=1S/C16H17FOS/c1-10-7-8-13(9-11(10)2)19-16-14(12(3)18)5-4-6-15(16)17/h4-9,12,18H,1-3H3/t12-/m0/s1. The van der Waals surface area contributed by atoms with Crippen LogP contribution in [-0.4, -0.2) is 5.11 Å². The van der Waals surface area contributed by atoms with E-state index in [-0.39, 0.29) is 5.82 Å². The van der Waals surface area contributed by atoms with Gasteiger partial charge in [0, 0.05) is 4.90 Å². The molecule has 0 heterocycles. The Morgan fingerprint density at radius 1 is 1.11 bits per heavy atom. The predicted molar refractivity (Wildman–Crippen MR) is 77.1 cm³/mol. The van der Waals surface area contributed by atoms with E-state index < -0.39 is 6.10 Å². The molecule has 1 N–H and O–H groups in total. The Kier molecular flexibility index (Phi) is 4.27. The number of aryl methyl sites for hydroxylation is 2. The van der Waals surface area contributed by atoms with Gasteiger partial charge < -0.3 is 5.11 Å². The van der Waals surface area contributed by atoms with E-state index in [9.17, 15) is 9.50 Å². The molecule has 0 aliphatic rings. The monoisotopic (exact) mass is 276 g/mol. The van der Waals surface area contributed by atoms with Crippen LogP contribution < -0.4 is 0 Å². The lowest BCUT2D eigenvalue weighted by atomic mass is 10.1. The molecule has 0 saturated heterocycles. The van der Waals surface area contributed by atoms with E-state index in [1.54, 1.807) is 19.1 Å². The average molecular weight is 276 g/mol. The zero-order valence-electron chi connectivity index (χ0n) is 11.3. The van der Waals surface area contributed by atoms with Crippen molar-refractivity contribution in [1.29, 1.82) is 0 Å². The minimum Gasteiger partial charge on any atom is -0.389 e. The maximum absolute atomic E-state index is 13.9. The predicted octanol–water partition coefficient (Wildman–Crippen LogP) is 4.65. The molecule has 0 amide bonds. The van der Waals surface area contributed by atoms with Gasteiger partial charge in [-0.3, -0.25) is 0 Å². The number of halogens is 1. The number of hydrogen-bond donors (Lipinski definition) is 1. The number of aliphatic hydroxyl groups excluding tert-OH is 1. The van der Waals surface area contributed by atoms with E-state index in [1.165, 1.54) is 29.0 Å². The van der Waals surface area contributed by atoms with Crippen LogP contribution in [0.1, 0.15) is 29.7 Å². The normalized spacial score (nSPS) is 12.5. The molecule has 3 heteroatoms. The molecule has 0 aliphatic carbocycles. The minimum absolute atomic E-state index is 0.290. The Hall–Kier alpha value is -1.32. The van der Waals surface area contributed by atoms with Gasteiger partial charge in [0.25, 0.3) is 0 Å². The summed E-state index contributed by atoms with van der Waals surface area (Å²) in [7, 11) is 0. The molecule has 1 nitrogen and oxygen atoms in total. The summed E-state index contributed by atoms with van der Waals surface area (Å²) in [4.78, 5) is 1.48. The summed E-state index contributed by atoms with van der Waals surface area (Å²) < 4.78 is 13.9. The maximum Gasteiger partial charge on any atom is 0.137 e. The molecule has 100 valence electrons. The molecule has 0 bridgehead atoms. The van der Waals surface area contributed by atoms with Crippen molar-refractivity contribution in [3.05, 3.63) is 58.9 Å². The molecule has 0 radical (unpaired) electrons. The highest BCUT2D eigenvalue weighted by Crippen LogP contribution is 2.35. The Labute approximate surface area is 117 Å². The molecular formula is C16H17FOS. The highest BCUT2D eigenvalue weighted by molar-refractivity contribution is 7.99. The molecular weight excluding hydrogens is 259 g/mol. The lowest BCUT2D eigenvalue weighted by Crippen LogP contribution is -1.96. The van der Waals surface area contributed by atoms with Crippen molar-refractivity contribution < 1.29 is 9.50 Å². The van der Waals surface area contributed by atoms with E-state index >= 15 is 0 Å². The Morgan fingerprint density at radius 3 is 2.47 bits per heavy atom. The van der Waals surface area contributed by atoms with Crippen LogP contribution in [0.15, 0.2) is 46.2 Å². The van der Waals surface area contributed by atoms with Crippen LogP contribution >= 0.6 is 11.8 Å². The molecule has 0 fully saturated rings. The first kappa shape index (κ1) is 14.1. The van der Waals surface area contributed by atoms with E-state index in [1.807, 2.05) is 32.0 Å². The quantitative estimate of drug-likeness (QED) is 0.880. The molecule has 2 rings (SSSR count). The van der Waals surface area contributed by atoms with Gasteiger partial charge in [0.05, 0.1) is 11.0 Å². The fourth-order valence-electron chi connectivity index (χ4n) is 1.86. The van der Waals surface area contributed by atoms with Gasteiger partial charge in [-0.1, -0.05) is 30.0 Å². The third-order valence-corrected chi connectivity index (χ3v) is 4.27. The Morgan fingerprint density at radius 2 is 1.84 bits per heavy atom. The van der Waals surface area contributed by atoms with Gasteiger partial charge >= 0.3 is 0 Å². The molecule has 0 saturated carbocycles. The van der Waals surface area contributed by atoms with Gasteiger partial charge in [-0.05, 0) is 55.7 Å². The van der Waals surface area contributed by atoms with Crippen molar-refractivity contribution in [1.82, 2.24) is 0 Å². The topological polar surface area (TPSA) is 20.2 Å². The number of benzene rings is 2. The summed E-state index contributed by atoms with van der Waals surface area (Å²) in [6, 6.07) is 10.9. The van der Waals surface area contributed by atoms with E-state index in [0.717, 1.165) is 4.90 Å². The van der Waals surface area contributed by atoms with Crippen molar-refractivity contribution in [2.24, 2.45) is 0 Å². The van der Waals surface area contributed by atoms with Crippen LogP contribution in [-0.2, 0) is 0 Å². The molecule has 0 spiro atoms. The van der Waals surface area contributed by atoms with Gasteiger partial charge in [-0.25, -0.2) is 4.39 Å². The zero-order valence-corrected chi connectivity index (χ0v) is 12.1. The molecule has 1 atom stereocenters. The highest BCUT2D eigenvalue weighted by Gasteiger charge is 2.13. The van der Waals surface area contributed by atoms with Crippen LogP contribution in [0, 0.1) is 19.7 Å². The van der Waals surface area contributed by atoms with E-state index in [2.05, 4.69) is 0 Å². The zero-order chi connectivity index (χ0) is 14.0. The third-order valence-electron chi connectivity index (χ3n) is 3.15. The molecule has 0 unspecified atom stereocenters. The summed E-state index contributed by atoms with van der Waals surface area (Å²) >= 11 is 1.36. The first-order chi connectivity index (χ1) is 8.99. The third kappa shape index (κ3) is 3.17. The minimum atomic E-state index is -0.676. The maximum atomic E-state index is 13.9. The van der Waals surface area contributed by atoms with Gasteiger partial charge in [-0.15, -0.1) is 0 Å².